The Bertz CT molecular complexity index is 422. The second-order valence-electron chi connectivity index (χ2n) is 5.00. The van der Waals surface area contributed by atoms with E-state index >= 15 is 0 Å². The van der Waals surface area contributed by atoms with Crippen molar-refractivity contribution in [3.8, 4) is 0 Å². The standard InChI is InChI=1S/C14H19NO2/c1-9-3-4-10(2)11(5-9)6-14(17)15-12-7-13(16)8-12/h3-5,12-13,16H,6-8H2,1-2H3,(H,15,17). The van der Waals surface area contributed by atoms with Gasteiger partial charge < -0.3 is 10.4 Å². The number of rotatable bonds is 3. The van der Waals surface area contributed by atoms with Crippen LogP contribution in [0.2, 0.25) is 0 Å². The number of aliphatic hydroxyl groups excluding tert-OH is 1. The van der Waals surface area contributed by atoms with Crippen LogP contribution >= 0.6 is 0 Å². The number of nitrogens with one attached hydrogen (secondary N) is 1. The van der Waals surface area contributed by atoms with E-state index in [1.54, 1.807) is 0 Å². The van der Waals surface area contributed by atoms with Gasteiger partial charge in [0.25, 0.3) is 0 Å². The highest BCUT2D eigenvalue weighted by Crippen LogP contribution is 2.19. The van der Waals surface area contributed by atoms with Crippen LogP contribution in [0.3, 0.4) is 0 Å². The molecule has 0 atom stereocenters. The van der Waals surface area contributed by atoms with Gasteiger partial charge in [0, 0.05) is 6.04 Å². The summed E-state index contributed by atoms with van der Waals surface area (Å²) in [7, 11) is 0. The Kier molecular flexibility index (Phi) is 3.48. The average molecular weight is 233 g/mol. The molecule has 0 bridgehead atoms. The van der Waals surface area contributed by atoms with Crippen molar-refractivity contribution in [3.63, 3.8) is 0 Å². The van der Waals surface area contributed by atoms with E-state index in [9.17, 15) is 4.79 Å². The summed E-state index contributed by atoms with van der Waals surface area (Å²) in [5.74, 6) is 0.0515. The monoisotopic (exact) mass is 233 g/mol. The molecule has 0 aliphatic heterocycles. The zero-order valence-corrected chi connectivity index (χ0v) is 10.4. The fourth-order valence-corrected chi connectivity index (χ4v) is 2.15. The van der Waals surface area contributed by atoms with Gasteiger partial charge in [-0.05, 0) is 37.8 Å². The van der Waals surface area contributed by atoms with Gasteiger partial charge in [-0.25, -0.2) is 0 Å². The molecular formula is C14H19NO2. The number of carbonyl (C=O) groups is 1. The molecule has 0 heterocycles. The summed E-state index contributed by atoms with van der Waals surface area (Å²) in [5.41, 5.74) is 3.42. The minimum absolute atomic E-state index is 0.0515. The number of amides is 1. The molecule has 3 nitrogen and oxygen atoms in total. The lowest BCUT2D eigenvalue weighted by atomic mass is 9.89. The van der Waals surface area contributed by atoms with Gasteiger partial charge in [0.05, 0.1) is 12.5 Å². The molecule has 1 aliphatic rings. The molecule has 0 saturated heterocycles. The summed E-state index contributed by atoms with van der Waals surface area (Å²) >= 11 is 0. The first-order valence-electron chi connectivity index (χ1n) is 6.08. The van der Waals surface area contributed by atoms with E-state index in [2.05, 4.69) is 17.4 Å². The van der Waals surface area contributed by atoms with Crippen molar-refractivity contribution in [2.24, 2.45) is 0 Å². The molecule has 1 aromatic rings. The Balaban J connectivity index is 1.91. The maximum atomic E-state index is 11.8. The van der Waals surface area contributed by atoms with Crippen LogP contribution in [-0.2, 0) is 11.2 Å². The fraction of sp³-hybridized carbons (Fsp3) is 0.500. The van der Waals surface area contributed by atoms with Gasteiger partial charge in [0.1, 0.15) is 0 Å². The van der Waals surface area contributed by atoms with E-state index in [1.807, 2.05) is 19.9 Å². The zero-order chi connectivity index (χ0) is 12.4. The minimum Gasteiger partial charge on any atom is -0.393 e. The van der Waals surface area contributed by atoms with Gasteiger partial charge in [-0.1, -0.05) is 23.8 Å². The summed E-state index contributed by atoms with van der Waals surface area (Å²) in [4.78, 5) is 11.8. The van der Waals surface area contributed by atoms with E-state index in [-0.39, 0.29) is 18.1 Å². The molecule has 0 aromatic heterocycles. The summed E-state index contributed by atoms with van der Waals surface area (Å²) in [6.45, 7) is 4.05. The first kappa shape index (κ1) is 12.1. The molecule has 1 amide bonds. The fourth-order valence-electron chi connectivity index (χ4n) is 2.15. The van der Waals surface area contributed by atoms with E-state index < -0.39 is 0 Å². The third kappa shape index (κ3) is 3.07. The quantitative estimate of drug-likeness (QED) is 0.831. The van der Waals surface area contributed by atoms with E-state index in [0.29, 0.717) is 19.3 Å². The molecule has 2 rings (SSSR count). The maximum Gasteiger partial charge on any atom is 0.224 e. The van der Waals surface area contributed by atoms with Crippen LogP contribution < -0.4 is 5.32 Å². The van der Waals surface area contributed by atoms with Crippen molar-refractivity contribution in [2.75, 3.05) is 0 Å². The largest absolute Gasteiger partial charge is 0.393 e. The van der Waals surface area contributed by atoms with E-state index in [1.165, 1.54) is 5.56 Å². The molecule has 1 aliphatic carbocycles. The third-order valence-electron chi connectivity index (χ3n) is 3.33. The van der Waals surface area contributed by atoms with Gasteiger partial charge in [-0.15, -0.1) is 0 Å². The highest BCUT2D eigenvalue weighted by Gasteiger charge is 2.28. The summed E-state index contributed by atoms with van der Waals surface area (Å²) < 4.78 is 0. The molecule has 0 spiro atoms. The number of hydrogen-bond acceptors (Lipinski definition) is 2. The van der Waals surface area contributed by atoms with Crippen LogP contribution in [0.25, 0.3) is 0 Å². The Labute approximate surface area is 102 Å². The highest BCUT2D eigenvalue weighted by atomic mass is 16.3. The first-order valence-corrected chi connectivity index (χ1v) is 6.08. The molecule has 0 radical (unpaired) electrons. The molecular weight excluding hydrogens is 214 g/mol. The number of carbonyl (C=O) groups excluding carboxylic acids is 1. The Hall–Kier alpha value is -1.35. The number of aliphatic hydroxyl groups is 1. The minimum atomic E-state index is -0.221. The maximum absolute atomic E-state index is 11.8. The lowest BCUT2D eigenvalue weighted by Gasteiger charge is -2.32. The lowest BCUT2D eigenvalue weighted by molar-refractivity contribution is -0.122. The van der Waals surface area contributed by atoms with Crippen LogP contribution in [-0.4, -0.2) is 23.2 Å². The van der Waals surface area contributed by atoms with Crippen molar-refractivity contribution in [1.29, 1.82) is 0 Å². The summed E-state index contributed by atoms with van der Waals surface area (Å²) in [6.07, 6.45) is 1.60. The van der Waals surface area contributed by atoms with Gasteiger partial charge in [0.15, 0.2) is 0 Å². The second-order valence-corrected chi connectivity index (χ2v) is 5.00. The number of aryl methyl sites for hydroxylation is 2. The molecule has 1 saturated carbocycles. The number of benzene rings is 1. The Morgan fingerprint density at radius 3 is 2.76 bits per heavy atom. The van der Waals surface area contributed by atoms with E-state index in [4.69, 9.17) is 5.11 Å². The predicted molar refractivity (Wildman–Crippen MR) is 66.8 cm³/mol. The topological polar surface area (TPSA) is 49.3 Å². The average Bonchev–Trinajstić information content (AvgIpc) is 2.21. The molecule has 3 heteroatoms. The summed E-state index contributed by atoms with van der Waals surface area (Å²) in [5, 5.41) is 12.1. The highest BCUT2D eigenvalue weighted by molar-refractivity contribution is 5.79. The van der Waals surface area contributed by atoms with E-state index in [0.717, 1.165) is 11.1 Å². The predicted octanol–water partition coefficient (Wildman–Crippen LogP) is 1.49. The molecule has 2 N–H and O–H groups in total. The Morgan fingerprint density at radius 1 is 1.41 bits per heavy atom. The van der Waals surface area contributed by atoms with Crippen LogP contribution in [0.4, 0.5) is 0 Å². The molecule has 1 aromatic carbocycles. The first-order chi connectivity index (χ1) is 8.04. The van der Waals surface area contributed by atoms with Crippen LogP contribution in [0.15, 0.2) is 18.2 Å². The smallest absolute Gasteiger partial charge is 0.224 e. The Morgan fingerprint density at radius 2 is 2.12 bits per heavy atom. The van der Waals surface area contributed by atoms with Gasteiger partial charge in [-0.3, -0.25) is 4.79 Å². The van der Waals surface area contributed by atoms with Crippen molar-refractivity contribution in [3.05, 3.63) is 34.9 Å². The summed E-state index contributed by atoms with van der Waals surface area (Å²) in [6, 6.07) is 6.33. The van der Waals surface area contributed by atoms with Gasteiger partial charge >= 0.3 is 0 Å². The van der Waals surface area contributed by atoms with Crippen LogP contribution in [0.5, 0.6) is 0 Å². The third-order valence-corrected chi connectivity index (χ3v) is 3.33. The number of hydrogen-bond donors (Lipinski definition) is 2. The van der Waals surface area contributed by atoms with Crippen molar-refractivity contribution in [1.82, 2.24) is 5.32 Å². The normalized spacial score (nSPS) is 23.0. The van der Waals surface area contributed by atoms with Gasteiger partial charge in [0.2, 0.25) is 5.91 Å². The van der Waals surface area contributed by atoms with Crippen molar-refractivity contribution < 1.29 is 9.90 Å². The molecule has 1 fully saturated rings. The van der Waals surface area contributed by atoms with Crippen molar-refractivity contribution in [2.45, 2.75) is 45.3 Å². The zero-order valence-electron chi connectivity index (χ0n) is 10.4. The molecule has 17 heavy (non-hydrogen) atoms. The van der Waals surface area contributed by atoms with Crippen molar-refractivity contribution >= 4 is 5.91 Å². The van der Waals surface area contributed by atoms with Crippen LogP contribution in [0, 0.1) is 13.8 Å². The van der Waals surface area contributed by atoms with Crippen LogP contribution in [0.1, 0.15) is 29.5 Å². The van der Waals surface area contributed by atoms with Gasteiger partial charge in [-0.2, -0.15) is 0 Å². The molecule has 0 unspecified atom stereocenters. The lowest BCUT2D eigenvalue weighted by Crippen LogP contribution is -2.47. The second kappa shape index (κ2) is 4.88. The molecule has 92 valence electrons. The SMILES string of the molecule is Cc1ccc(C)c(CC(=O)NC2CC(O)C2)c1.